The molecule has 0 aromatic carbocycles. The number of hydrogen-bond acceptors (Lipinski definition) is 9. The van der Waals surface area contributed by atoms with Gasteiger partial charge in [-0.2, -0.15) is 0 Å². The predicted octanol–water partition coefficient (Wildman–Crippen LogP) is 2.88. The smallest absolute Gasteiger partial charge is 0.397 e. The Morgan fingerprint density at radius 3 is 2.50 bits per heavy atom. The maximum absolute atomic E-state index is 13.3. The average molecular weight is 518 g/mol. The summed E-state index contributed by atoms with van der Waals surface area (Å²) < 4.78 is 11.2. The number of β-lactam (4-membered cyclic amide) rings is 1. The van der Waals surface area contributed by atoms with E-state index < -0.39 is 49.9 Å². The van der Waals surface area contributed by atoms with Gasteiger partial charge in [0.15, 0.2) is 19.8 Å². The zero-order valence-electron chi connectivity index (χ0n) is 21.9. The van der Waals surface area contributed by atoms with Crippen molar-refractivity contribution in [3.8, 4) is 0 Å². The second-order valence-electron chi connectivity index (χ2n) is 10.1. The number of Topliss-reactive ketones (excluding diaryl/α,β-unsaturated/α-hetero) is 1. The quantitative estimate of drug-likeness (QED) is 0.0882. The summed E-state index contributed by atoms with van der Waals surface area (Å²) >= 11 is 0. The standard InChI is InChI=1S/C25H35N3O7Si/c1-9-13-34-24(32)23(31)28-18(14-19(29)21(27-33-6)17-11-10-12-26-15-17)20(22(28)30)16(2)35-36(7,8)25(3,4)5/h9-12,15-16,18,20H,1,13-14H2,2-8H3/b27-21+/t16-,18-,20-/m1/s1. The van der Waals surface area contributed by atoms with Crippen LogP contribution in [0.25, 0.3) is 0 Å². The van der Waals surface area contributed by atoms with Gasteiger partial charge in [0.05, 0.1) is 18.1 Å². The molecule has 11 heteroatoms. The molecule has 0 unspecified atom stereocenters. The van der Waals surface area contributed by atoms with Gasteiger partial charge >= 0.3 is 11.9 Å². The van der Waals surface area contributed by atoms with Gasteiger partial charge in [0, 0.05) is 24.4 Å². The molecule has 2 heterocycles. The fraction of sp³-hybridized carbons (Fsp3) is 0.520. The molecule has 1 aliphatic heterocycles. The fourth-order valence-electron chi connectivity index (χ4n) is 3.70. The summed E-state index contributed by atoms with van der Waals surface area (Å²) in [7, 11) is -0.978. The van der Waals surface area contributed by atoms with Gasteiger partial charge in [0.1, 0.15) is 13.7 Å². The van der Waals surface area contributed by atoms with Crippen LogP contribution < -0.4 is 0 Å². The SMILES string of the molecule is C=CCOC(=O)C(=O)N1C(=O)[C@H]([C@@H](C)O[Si](C)(C)C(C)(C)C)[C@H]1CC(=O)/C(=N/OC)c1cccnc1. The molecule has 0 aliphatic carbocycles. The minimum absolute atomic E-state index is 0.0108. The highest BCUT2D eigenvalue weighted by Crippen LogP contribution is 2.41. The summed E-state index contributed by atoms with van der Waals surface area (Å²) in [5.41, 5.74) is 0.406. The van der Waals surface area contributed by atoms with Gasteiger partial charge in [-0.05, 0) is 37.2 Å². The minimum atomic E-state index is -2.28. The van der Waals surface area contributed by atoms with Crippen LogP contribution in [0.5, 0.6) is 0 Å². The second-order valence-corrected chi connectivity index (χ2v) is 14.8. The van der Waals surface area contributed by atoms with E-state index >= 15 is 0 Å². The highest BCUT2D eigenvalue weighted by atomic mass is 28.4. The molecule has 2 rings (SSSR count). The van der Waals surface area contributed by atoms with Gasteiger partial charge in [-0.3, -0.25) is 24.3 Å². The van der Waals surface area contributed by atoms with Crippen LogP contribution in [-0.2, 0) is 33.2 Å². The Hall–Kier alpha value is -3.18. The van der Waals surface area contributed by atoms with Crippen molar-refractivity contribution in [2.24, 2.45) is 11.1 Å². The van der Waals surface area contributed by atoms with Gasteiger partial charge < -0.3 is 14.0 Å². The number of amides is 2. The zero-order valence-corrected chi connectivity index (χ0v) is 22.9. The number of aromatic nitrogens is 1. The summed E-state index contributed by atoms with van der Waals surface area (Å²) in [6.45, 7) is 15.3. The van der Waals surface area contributed by atoms with E-state index in [2.05, 4.69) is 37.5 Å². The monoisotopic (exact) mass is 517 g/mol. The maximum Gasteiger partial charge on any atom is 0.397 e. The lowest BCUT2D eigenvalue weighted by Gasteiger charge is -2.49. The third-order valence-corrected chi connectivity index (χ3v) is 11.1. The summed E-state index contributed by atoms with van der Waals surface area (Å²) in [6.07, 6.45) is 3.44. The molecular formula is C25H35N3O7Si. The number of likely N-dealkylation sites (tertiary alicyclic amines) is 1. The number of imide groups is 1. The van der Waals surface area contributed by atoms with Gasteiger partial charge in [0.2, 0.25) is 5.91 Å². The second kappa shape index (κ2) is 11.7. The number of nitrogens with zero attached hydrogens (tertiary/aromatic N) is 3. The number of oxime groups is 1. The van der Waals surface area contributed by atoms with Crippen LogP contribution in [-0.4, -0.2) is 73.3 Å². The Morgan fingerprint density at radius 2 is 1.97 bits per heavy atom. The van der Waals surface area contributed by atoms with E-state index in [1.807, 2.05) is 13.1 Å². The Kier molecular flexibility index (Phi) is 9.44. The Labute approximate surface area is 212 Å². The molecule has 0 saturated carbocycles. The summed E-state index contributed by atoms with van der Waals surface area (Å²) in [4.78, 5) is 61.1. The van der Waals surface area contributed by atoms with Crippen molar-refractivity contribution < 1.29 is 33.2 Å². The van der Waals surface area contributed by atoms with Crippen molar-refractivity contribution in [2.75, 3.05) is 13.7 Å². The van der Waals surface area contributed by atoms with E-state index in [9.17, 15) is 19.2 Å². The normalized spacial score (nSPS) is 19.2. The van der Waals surface area contributed by atoms with Crippen molar-refractivity contribution in [1.29, 1.82) is 0 Å². The first-order valence-electron chi connectivity index (χ1n) is 11.6. The van der Waals surface area contributed by atoms with Crippen LogP contribution in [0.15, 0.2) is 42.3 Å². The van der Waals surface area contributed by atoms with Crippen LogP contribution in [0.1, 0.15) is 39.7 Å². The molecule has 1 aliphatic rings. The third kappa shape index (κ3) is 6.32. The lowest BCUT2D eigenvalue weighted by atomic mass is 9.79. The molecular weight excluding hydrogens is 482 g/mol. The lowest BCUT2D eigenvalue weighted by molar-refractivity contribution is -0.179. The first-order chi connectivity index (χ1) is 16.8. The largest absolute Gasteiger partial charge is 0.454 e. The number of rotatable bonds is 10. The van der Waals surface area contributed by atoms with E-state index in [-0.39, 0.29) is 23.8 Å². The van der Waals surface area contributed by atoms with Gasteiger partial charge in [0.25, 0.3) is 0 Å². The Morgan fingerprint density at radius 1 is 1.31 bits per heavy atom. The van der Waals surface area contributed by atoms with Crippen LogP contribution in [0.4, 0.5) is 0 Å². The van der Waals surface area contributed by atoms with Crippen LogP contribution >= 0.6 is 0 Å². The molecule has 1 saturated heterocycles. The predicted molar refractivity (Wildman–Crippen MR) is 135 cm³/mol. The molecule has 3 atom stereocenters. The van der Waals surface area contributed by atoms with Crippen molar-refractivity contribution in [3.63, 3.8) is 0 Å². The molecule has 1 fully saturated rings. The molecule has 0 N–H and O–H groups in total. The van der Waals surface area contributed by atoms with E-state index in [0.717, 1.165) is 4.90 Å². The molecule has 10 nitrogen and oxygen atoms in total. The molecule has 1 aromatic heterocycles. The zero-order chi connectivity index (χ0) is 27.3. The number of hydrogen-bond donors (Lipinski definition) is 0. The minimum Gasteiger partial charge on any atom is -0.454 e. The van der Waals surface area contributed by atoms with Crippen molar-refractivity contribution in [2.45, 2.75) is 64.4 Å². The Balaban J connectivity index is 2.38. The van der Waals surface area contributed by atoms with Gasteiger partial charge in [-0.25, -0.2) is 4.79 Å². The summed E-state index contributed by atoms with van der Waals surface area (Å²) in [6, 6.07) is 2.36. The van der Waals surface area contributed by atoms with Crippen molar-refractivity contribution >= 4 is 37.6 Å². The number of carbonyl (C=O) groups is 4. The Bertz CT molecular complexity index is 1030. The van der Waals surface area contributed by atoms with E-state index in [1.165, 1.54) is 19.4 Å². The van der Waals surface area contributed by atoms with E-state index in [4.69, 9.17) is 14.0 Å². The molecule has 0 spiro atoms. The first-order valence-corrected chi connectivity index (χ1v) is 14.5. The van der Waals surface area contributed by atoms with Gasteiger partial charge in [-0.1, -0.05) is 38.6 Å². The highest BCUT2D eigenvalue weighted by molar-refractivity contribution is 6.74. The number of carbonyl (C=O) groups excluding carboxylic acids is 4. The molecule has 196 valence electrons. The van der Waals surface area contributed by atoms with Crippen molar-refractivity contribution in [3.05, 3.63) is 42.7 Å². The van der Waals surface area contributed by atoms with Crippen LogP contribution in [0, 0.1) is 5.92 Å². The van der Waals surface area contributed by atoms with Crippen molar-refractivity contribution in [1.82, 2.24) is 9.88 Å². The average Bonchev–Trinajstić information content (AvgIpc) is 2.79. The molecule has 2 amide bonds. The van der Waals surface area contributed by atoms with Gasteiger partial charge in [-0.15, -0.1) is 0 Å². The molecule has 0 radical (unpaired) electrons. The van der Waals surface area contributed by atoms with Crippen LogP contribution in [0.2, 0.25) is 18.1 Å². The number of pyridine rings is 1. The summed E-state index contributed by atoms with van der Waals surface area (Å²) in [5, 5.41) is 3.72. The summed E-state index contributed by atoms with van der Waals surface area (Å²) in [5.74, 6) is -4.22. The maximum atomic E-state index is 13.3. The van der Waals surface area contributed by atoms with Crippen LogP contribution in [0.3, 0.4) is 0 Å². The molecule has 36 heavy (non-hydrogen) atoms. The number of ketones is 1. The first kappa shape index (κ1) is 29.0. The number of esters is 1. The molecule has 0 bridgehead atoms. The lowest BCUT2D eigenvalue weighted by Crippen LogP contribution is -2.69. The fourth-order valence-corrected chi connectivity index (χ4v) is 5.13. The highest BCUT2D eigenvalue weighted by Gasteiger charge is 2.56. The van der Waals surface area contributed by atoms with E-state index in [0.29, 0.717) is 5.56 Å². The third-order valence-electron chi connectivity index (χ3n) is 6.56. The van der Waals surface area contributed by atoms with E-state index in [1.54, 1.807) is 25.3 Å². The number of ether oxygens (including phenoxy) is 1. The molecule has 1 aromatic rings. The topological polar surface area (TPSA) is 124 Å².